The fraction of sp³-hybridized carbons (Fsp3) is 0.167. The molecule has 0 aliphatic rings. The second kappa shape index (κ2) is 6.95. The van der Waals surface area contributed by atoms with Gasteiger partial charge in [0.1, 0.15) is 5.69 Å². The molecule has 0 saturated heterocycles. The van der Waals surface area contributed by atoms with Gasteiger partial charge in [-0.2, -0.15) is 0 Å². The van der Waals surface area contributed by atoms with Crippen LogP contribution in [0.4, 0.5) is 0 Å². The maximum atomic E-state index is 12.4. The summed E-state index contributed by atoms with van der Waals surface area (Å²) in [6, 6.07) is 15.4. The average Bonchev–Trinajstić information content (AvgIpc) is 3.03. The molecule has 1 atom stereocenters. The van der Waals surface area contributed by atoms with Crippen LogP contribution in [0, 0.1) is 0 Å². The summed E-state index contributed by atoms with van der Waals surface area (Å²) in [4.78, 5) is 24.3. The summed E-state index contributed by atoms with van der Waals surface area (Å²) in [6.45, 7) is 0. The number of rotatable bonds is 5. The van der Waals surface area contributed by atoms with Gasteiger partial charge in [0.05, 0.1) is 13.5 Å². The zero-order valence-electron chi connectivity index (χ0n) is 13.1. The number of hydrogen-bond acceptors (Lipinski definition) is 5. The Morgan fingerprint density at radius 1 is 1.12 bits per heavy atom. The Bertz CT molecular complexity index is 858. The lowest BCUT2D eigenvalue weighted by Crippen LogP contribution is -2.35. The average molecular weight is 324 g/mol. The van der Waals surface area contributed by atoms with Gasteiger partial charge in [0.15, 0.2) is 11.6 Å². The normalized spacial score (nSPS) is 11.9. The third-order valence-corrected chi connectivity index (χ3v) is 3.66. The van der Waals surface area contributed by atoms with E-state index in [-0.39, 0.29) is 12.3 Å². The highest BCUT2D eigenvalue weighted by Gasteiger charge is 2.24. The van der Waals surface area contributed by atoms with E-state index in [4.69, 9.17) is 9.26 Å². The number of aromatic nitrogens is 1. The molecule has 0 unspecified atom stereocenters. The number of benzene rings is 2. The first-order valence-corrected chi connectivity index (χ1v) is 7.44. The van der Waals surface area contributed by atoms with Crippen molar-refractivity contribution in [3.8, 4) is 0 Å². The van der Waals surface area contributed by atoms with Crippen molar-refractivity contribution in [3.63, 3.8) is 0 Å². The first kappa shape index (κ1) is 15.7. The molecule has 1 aromatic heterocycles. The van der Waals surface area contributed by atoms with Crippen LogP contribution < -0.4 is 5.32 Å². The molecule has 1 heterocycles. The molecule has 0 saturated carbocycles. The minimum Gasteiger partial charge on any atom is -0.467 e. The van der Waals surface area contributed by atoms with Crippen LogP contribution >= 0.6 is 0 Å². The van der Waals surface area contributed by atoms with Crippen molar-refractivity contribution < 1.29 is 18.8 Å². The van der Waals surface area contributed by atoms with Gasteiger partial charge in [-0.3, -0.25) is 4.79 Å². The second-order valence-corrected chi connectivity index (χ2v) is 5.24. The van der Waals surface area contributed by atoms with E-state index in [1.807, 2.05) is 24.3 Å². The van der Waals surface area contributed by atoms with E-state index in [0.717, 1.165) is 5.39 Å². The number of carbonyl (C=O) groups excluding carboxylic acids is 2. The summed E-state index contributed by atoms with van der Waals surface area (Å²) in [6.07, 6.45) is 0.0113. The van der Waals surface area contributed by atoms with Gasteiger partial charge >= 0.3 is 5.97 Å². The lowest BCUT2D eigenvalue weighted by molar-refractivity contribution is -0.145. The number of ether oxygens (including phenoxy) is 1. The highest BCUT2D eigenvalue weighted by atomic mass is 16.5. The Morgan fingerprint density at radius 2 is 1.83 bits per heavy atom. The Balaban J connectivity index is 1.77. The maximum absolute atomic E-state index is 12.4. The number of fused-ring (bicyclic) bond motifs is 1. The SMILES string of the molecule is COC(=O)[C@H](NC(=O)Cc1noc2ccccc12)c1ccccc1. The molecule has 6 nitrogen and oxygen atoms in total. The van der Waals surface area contributed by atoms with Gasteiger partial charge in [0.25, 0.3) is 0 Å². The Labute approximate surface area is 138 Å². The van der Waals surface area contributed by atoms with E-state index in [1.54, 1.807) is 30.3 Å². The molecule has 3 rings (SSSR count). The van der Waals surface area contributed by atoms with Crippen molar-refractivity contribution in [2.24, 2.45) is 0 Å². The molecule has 0 spiro atoms. The van der Waals surface area contributed by atoms with E-state index in [0.29, 0.717) is 16.8 Å². The number of nitrogens with zero attached hydrogens (tertiary/aromatic N) is 1. The smallest absolute Gasteiger partial charge is 0.333 e. The van der Waals surface area contributed by atoms with Gasteiger partial charge in [-0.25, -0.2) is 4.79 Å². The Morgan fingerprint density at radius 3 is 2.58 bits per heavy atom. The van der Waals surface area contributed by atoms with Crippen LogP contribution in [0.1, 0.15) is 17.3 Å². The molecule has 0 aliphatic heterocycles. The summed E-state index contributed by atoms with van der Waals surface area (Å²) in [5.41, 5.74) is 1.80. The van der Waals surface area contributed by atoms with Crippen molar-refractivity contribution in [2.75, 3.05) is 7.11 Å². The Kier molecular flexibility index (Phi) is 4.56. The zero-order valence-corrected chi connectivity index (χ0v) is 13.1. The van der Waals surface area contributed by atoms with Crippen molar-refractivity contribution >= 4 is 22.8 Å². The molecule has 0 fully saturated rings. The molecule has 6 heteroatoms. The van der Waals surface area contributed by atoms with Crippen molar-refractivity contribution in [1.82, 2.24) is 10.5 Å². The van der Waals surface area contributed by atoms with Gasteiger partial charge < -0.3 is 14.6 Å². The van der Waals surface area contributed by atoms with E-state index < -0.39 is 12.0 Å². The van der Waals surface area contributed by atoms with Crippen LogP contribution in [0.3, 0.4) is 0 Å². The highest BCUT2D eigenvalue weighted by Crippen LogP contribution is 2.19. The highest BCUT2D eigenvalue weighted by molar-refractivity contribution is 5.89. The van der Waals surface area contributed by atoms with Crippen molar-refractivity contribution in [1.29, 1.82) is 0 Å². The van der Waals surface area contributed by atoms with Crippen LogP contribution in [0.5, 0.6) is 0 Å². The van der Waals surface area contributed by atoms with E-state index in [9.17, 15) is 9.59 Å². The van der Waals surface area contributed by atoms with Crippen LogP contribution in [0.25, 0.3) is 11.0 Å². The number of amides is 1. The number of nitrogens with one attached hydrogen (secondary N) is 1. The third-order valence-electron chi connectivity index (χ3n) is 3.66. The van der Waals surface area contributed by atoms with Crippen LogP contribution in [0.15, 0.2) is 59.1 Å². The zero-order chi connectivity index (χ0) is 16.9. The minimum absolute atomic E-state index is 0.0113. The lowest BCUT2D eigenvalue weighted by Gasteiger charge is -2.16. The molecule has 0 bridgehead atoms. The number of carbonyl (C=O) groups is 2. The van der Waals surface area contributed by atoms with Crippen molar-refractivity contribution in [3.05, 3.63) is 65.9 Å². The molecular formula is C18H16N2O4. The quantitative estimate of drug-likeness (QED) is 0.729. The first-order chi connectivity index (χ1) is 11.7. The molecule has 1 amide bonds. The van der Waals surface area contributed by atoms with E-state index in [1.165, 1.54) is 7.11 Å². The monoisotopic (exact) mass is 324 g/mol. The third kappa shape index (κ3) is 3.27. The van der Waals surface area contributed by atoms with Gasteiger partial charge in [-0.1, -0.05) is 47.6 Å². The molecule has 2 aromatic carbocycles. The molecule has 1 N–H and O–H groups in total. The van der Waals surface area contributed by atoms with Crippen LogP contribution in [-0.4, -0.2) is 24.1 Å². The number of para-hydroxylation sites is 1. The van der Waals surface area contributed by atoms with E-state index >= 15 is 0 Å². The standard InChI is InChI=1S/C18H16N2O4/c1-23-18(22)17(12-7-3-2-4-8-12)19-16(21)11-14-13-9-5-6-10-15(13)24-20-14/h2-10,17H,11H2,1H3,(H,19,21)/t17-/m1/s1. The van der Waals surface area contributed by atoms with Crippen molar-refractivity contribution in [2.45, 2.75) is 12.5 Å². The predicted molar refractivity (Wildman–Crippen MR) is 87.1 cm³/mol. The number of esters is 1. The fourth-order valence-corrected chi connectivity index (χ4v) is 2.47. The van der Waals surface area contributed by atoms with Crippen LogP contribution in [-0.2, 0) is 20.7 Å². The van der Waals surface area contributed by atoms with E-state index in [2.05, 4.69) is 10.5 Å². The minimum atomic E-state index is -0.859. The molecule has 0 aliphatic carbocycles. The Hall–Kier alpha value is -3.15. The number of hydrogen-bond donors (Lipinski definition) is 1. The maximum Gasteiger partial charge on any atom is 0.333 e. The number of methoxy groups -OCH3 is 1. The molecular weight excluding hydrogens is 308 g/mol. The topological polar surface area (TPSA) is 81.4 Å². The lowest BCUT2D eigenvalue weighted by atomic mass is 10.1. The van der Waals surface area contributed by atoms with Gasteiger partial charge in [0.2, 0.25) is 5.91 Å². The molecule has 122 valence electrons. The summed E-state index contributed by atoms with van der Waals surface area (Å²) in [7, 11) is 1.29. The largest absolute Gasteiger partial charge is 0.467 e. The van der Waals surface area contributed by atoms with Gasteiger partial charge in [0, 0.05) is 5.39 Å². The molecule has 24 heavy (non-hydrogen) atoms. The summed E-state index contributed by atoms with van der Waals surface area (Å²) < 4.78 is 9.97. The summed E-state index contributed by atoms with van der Waals surface area (Å²) in [5, 5.41) is 7.40. The molecule has 0 radical (unpaired) electrons. The second-order valence-electron chi connectivity index (χ2n) is 5.24. The van der Waals surface area contributed by atoms with Gasteiger partial charge in [-0.05, 0) is 17.7 Å². The fourth-order valence-electron chi connectivity index (χ4n) is 2.47. The van der Waals surface area contributed by atoms with Gasteiger partial charge in [-0.15, -0.1) is 0 Å². The first-order valence-electron chi connectivity index (χ1n) is 7.44. The summed E-state index contributed by atoms with van der Waals surface area (Å²) >= 11 is 0. The summed E-state index contributed by atoms with van der Waals surface area (Å²) in [5.74, 6) is -0.868. The molecule has 3 aromatic rings. The predicted octanol–water partition coefficient (Wildman–Crippen LogP) is 2.40. The van der Waals surface area contributed by atoms with Crippen LogP contribution in [0.2, 0.25) is 0 Å².